The highest BCUT2D eigenvalue weighted by molar-refractivity contribution is 7.90. The van der Waals surface area contributed by atoms with Gasteiger partial charge in [-0.05, 0) is 34.9 Å². The minimum atomic E-state index is -4.34. The quantitative estimate of drug-likeness (QED) is 0.271. The van der Waals surface area contributed by atoms with Crippen LogP contribution in [0.15, 0.2) is 102 Å². The predicted octanol–water partition coefficient (Wildman–Crippen LogP) is 3.84. The molecule has 216 valence electrons. The number of nitrogens with zero attached hydrogens (tertiary/aromatic N) is 1. The molecule has 1 aliphatic rings. The lowest BCUT2D eigenvalue weighted by Crippen LogP contribution is -2.52. The van der Waals surface area contributed by atoms with Gasteiger partial charge in [0.05, 0.1) is 11.5 Å². The molecule has 0 aromatic heterocycles. The van der Waals surface area contributed by atoms with Gasteiger partial charge in [0.1, 0.15) is 6.04 Å². The van der Waals surface area contributed by atoms with E-state index in [2.05, 4.69) is 10.0 Å². The molecule has 42 heavy (non-hydrogen) atoms. The summed E-state index contributed by atoms with van der Waals surface area (Å²) in [6.45, 7) is -0.0605. The molecule has 0 fully saturated rings. The molecule has 0 radical (unpaired) electrons. The Morgan fingerprint density at radius 1 is 0.881 bits per heavy atom. The first-order valence-electron chi connectivity index (χ1n) is 13.1. The molecule has 0 saturated heterocycles. The summed E-state index contributed by atoms with van der Waals surface area (Å²) in [4.78, 5) is 28.1. The zero-order chi connectivity index (χ0) is 29.7. The molecule has 10 nitrogen and oxygen atoms in total. The van der Waals surface area contributed by atoms with Gasteiger partial charge in [0, 0.05) is 30.8 Å². The number of benzene rings is 4. The second kappa shape index (κ2) is 12.3. The van der Waals surface area contributed by atoms with Crippen molar-refractivity contribution in [3.05, 3.63) is 108 Å². The van der Waals surface area contributed by atoms with Crippen molar-refractivity contribution >= 4 is 27.6 Å². The fraction of sp³-hybridized carbons (Fsp3) is 0.161. The summed E-state index contributed by atoms with van der Waals surface area (Å²) < 4.78 is 39.6. The average Bonchev–Trinajstić information content (AvgIpc) is 3.48. The molecule has 1 unspecified atom stereocenters. The molecule has 4 aromatic rings. The van der Waals surface area contributed by atoms with Crippen LogP contribution in [0, 0.1) is 0 Å². The largest absolute Gasteiger partial charge is 0.454 e. The first kappa shape index (κ1) is 28.7. The maximum Gasteiger partial charge on any atom is 0.329 e. The third kappa shape index (κ3) is 6.37. The van der Waals surface area contributed by atoms with Crippen LogP contribution in [0.25, 0.3) is 11.1 Å². The van der Waals surface area contributed by atoms with E-state index in [0.717, 1.165) is 5.56 Å². The molecule has 3 amide bonds. The molecule has 11 heteroatoms. The first-order chi connectivity index (χ1) is 20.2. The van der Waals surface area contributed by atoms with Crippen LogP contribution >= 0.6 is 0 Å². The average molecular weight is 588 g/mol. The number of carbonyl (C=O) groups is 2. The van der Waals surface area contributed by atoms with Crippen molar-refractivity contribution in [3.63, 3.8) is 0 Å². The monoisotopic (exact) mass is 587 g/mol. The van der Waals surface area contributed by atoms with E-state index in [4.69, 9.17) is 9.47 Å². The number of aliphatic hydroxyl groups is 1. The van der Waals surface area contributed by atoms with E-state index in [-0.39, 0.29) is 24.7 Å². The number of likely N-dealkylation sites (N-methyl/N-ethyl adjacent to an activating group) is 1. The number of hydrogen-bond acceptors (Lipinski definition) is 7. The number of hydrogen-bond donors (Lipinski definition) is 3. The minimum absolute atomic E-state index is 0.0837. The highest BCUT2D eigenvalue weighted by atomic mass is 32.2. The van der Waals surface area contributed by atoms with Gasteiger partial charge >= 0.3 is 6.03 Å². The third-order valence-corrected chi connectivity index (χ3v) is 8.20. The van der Waals surface area contributed by atoms with Crippen LogP contribution in [0.2, 0.25) is 0 Å². The fourth-order valence-corrected chi connectivity index (χ4v) is 5.74. The lowest BCUT2D eigenvalue weighted by Gasteiger charge is -2.25. The van der Waals surface area contributed by atoms with Gasteiger partial charge in [-0.15, -0.1) is 0 Å². The zero-order valence-corrected chi connectivity index (χ0v) is 23.5. The number of aliphatic hydroxyl groups excluding tert-OH is 1. The molecule has 1 atom stereocenters. The maximum absolute atomic E-state index is 13.7. The van der Waals surface area contributed by atoms with Crippen molar-refractivity contribution < 1.29 is 32.6 Å². The van der Waals surface area contributed by atoms with Crippen molar-refractivity contribution in [3.8, 4) is 22.6 Å². The molecule has 3 N–H and O–H groups in total. The van der Waals surface area contributed by atoms with Crippen LogP contribution in [0.5, 0.6) is 11.5 Å². The molecule has 0 bridgehead atoms. The molecule has 0 spiro atoms. The van der Waals surface area contributed by atoms with Crippen molar-refractivity contribution in [1.82, 2.24) is 10.0 Å². The van der Waals surface area contributed by atoms with Gasteiger partial charge in [0.25, 0.3) is 10.0 Å². The summed E-state index contributed by atoms with van der Waals surface area (Å²) >= 11 is 0. The second-order valence-electron chi connectivity index (χ2n) is 9.61. The highest BCUT2D eigenvalue weighted by Gasteiger charge is 2.29. The molecular formula is C31H29N3O7S. The van der Waals surface area contributed by atoms with Gasteiger partial charge in [-0.3, -0.25) is 4.79 Å². The molecule has 4 aromatic carbocycles. The Morgan fingerprint density at radius 2 is 1.57 bits per heavy atom. The van der Waals surface area contributed by atoms with Crippen LogP contribution < -0.4 is 24.4 Å². The van der Waals surface area contributed by atoms with Gasteiger partial charge in [-0.1, -0.05) is 72.8 Å². The molecular weight excluding hydrogens is 558 g/mol. The van der Waals surface area contributed by atoms with Crippen molar-refractivity contribution in [2.75, 3.05) is 18.7 Å². The van der Waals surface area contributed by atoms with Gasteiger partial charge in [-0.25, -0.2) is 17.9 Å². The Labute approximate surface area is 243 Å². The van der Waals surface area contributed by atoms with E-state index in [1.807, 2.05) is 30.3 Å². The summed E-state index contributed by atoms with van der Waals surface area (Å²) in [6, 6.07) is 25.0. The van der Waals surface area contributed by atoms with E-state index < -0.39 is 28.0 Å². The number of sulfonamides is 1. The Bertz CT molecular complexity index is 1690. The molecule has 5 rings (SSSR count). The second-order valence-corrected chi connectivity index (χ2v) is 11.3. The normalized spacial score (nSPS) is 12.8. The number of ether oxygens (including phenoxy) is 2. The maximum atomic E-state index is 13.7. The summed E-state index contributed by atoms with van der Waals surface area (Å²) in [5, 5.41) is 11.9. The highest BCUT2D eigenvalue weighted by Crippen LogP contribution is 2.35. The summed E-state index contributed by atoms with van der Waals surface area (Å²) in [5.74, 6) is 0.593. The van der Waals surface area contributed by atoms with Crippen LogP contribution in [-0.4, -0.2) is 45.3 Å². The smallest absolute Gasteiger partial charge is 0.329 e. The van der Waals surface area contributed by atoms with Crippen molar-refractivity contribution in [2.24, 2.45) is 0 Å². The summed E-state index contributed by atoms with van der Waals surface area (Å²) in [7, 11) is -2.78. The van der Waals surface area contributed by atoms with Crippen LogP contribution in [-0.2, 0) is 27.8 Å². The van der Waals surface area contributed by atoms with E-state index in [9.17, 15) is 23.1 Å². The number of carbonyl (C=O) groups excluding carboxylic acids is 2. The van der Waals surface area contributed by atoms with Crippen LogP contribution in [0.1, 0.15) is 11.1 Å². The molecule has 0 saturated carbocycles. The van der Waals surface area contributed by atoms with E-state index in [1.54, 1.807) is 67.7 Å². The molecule has 0 aliphatic carbocycles. The SMILES string of the molecule is CN(C(=O)C(Cc1ccccc1)NC(=O)NS(=O)(=O)c1ccccc1-c1ccc(CO)cc1)c1ccc2c(c1)OCO2. The minimum Gasteiger partial charge on any atom is -0.454 e. The van der Waals surface area contributed by atoms with Gasteiger partial charge in [0.2, 0.25) is 12.7 Å². The molecule has 1 heterocycles. The van der Waals surface area contributed by atoms with Crippen molar-refractivity contribution in [2.45, 2.75) is 24.0 Å². The van der Waals surface area contributed by atoms with E-state index in [1.165, 1.54) is 11.0 Å². The number of fused-ring (bicyclic) bond motifs is 1. The topological polar surface area (TPSA) is 134 Å². The summed E-state index contributed by atoms with van der Waals surface area (Å²) in [5.41, 5.74) is 2.93. The van der Waals surface area contributed by atoms with E-state index >= 15 is 0 Å². The number of nitrogens with one attached hydrogen (secondary N) is 2. The van der Waals surface area contributed by atoms with Crippen molar-refractivity contribution in [1.29, 1.82) is 0 Å². The lowest BCUT2D eigenvalue weighted by atomic mass is 10.0. The van der Waals surface area contributed by atoms with Gasteiger partial charge in [-0.2, -0.15) is 0 Å². The van der Waals surface area contributed by atoms with Crippen LogP contribution in [0.4, 0.5) is 10.5 Å². The number of amides is 3. The standard InChI is InChI=1S/C31H29N3O7S/c1-34(24-15-16-27-28(18-24)41-20-40-27)30(36)26(17-21-7-3-2-4-8-21)32-31(37)33-42(38,39)29-10-6-5-9-25(29)23-13-11-22(19-35)12-14-23/h2-16,18,26,35H,17,19-20H2,1H3,(H2,32,33,37). The van der Waals surface area contributed by atoms with Crippen LogP contribution in [0.3, 0.4) is 0 Å². The predicted molar refractivity (Wildman–Crippen MR) is 157 cm³/mol. The first-order valence-corrected chi connectivity index (χ1v) is 14.6. The Hall–Kier alpha value is -4.87. The lowest BCUT2D eigenvalue weighted by molar-refractivity contribution is -0.120. The van der Waals surface area contributed by atoms with Gasteiger partial charge < -0.3 is 24.8 Å². The number of anilines is 1. The zero-order valence-electron chi connectivity index (χ0n) is 22.7. The number of urea groups is 1. The molecule has 1 aliphatic heterocycles. The Balaban J connectivity index is 1.37. The van der Waals surface area contributed by atoms with E-state index in [0.29, 0.717) is 33.9 Å². The number of rotatable bonds is 9. The third-order valence-electron chi connectivity index (χ3n) is 6.81. The fourth-order valence-electron chi connectivity index (χ4n) is 4.60. The Kier molecular flexibility index (Phi) is 8.41. The summed E-state index contributed by atoms with van der Waals surface area (Å²) in [6.07, 6.45) is 0.121. The Morgan fingerprint density at radius 3 is 2.31 bits per heavy atom. The van der Waals surface area contributed by atoms with Gasteiger partial charge in [0.15, 0.2) is 11.5 Å².